The van der Waals surface area contributed by atoms with Gasteiger partial charge in [0.1, 0.15) is 5.82 Å². The Kier molecular flexibility index (Phi) is 7.07. The Labute approximate surface area is 132 Å². The van der Waals surface area contributed by atoms with Gasteiger partial charge in [0.15, 0.2) is 0 Å². The van der Waals surface area contributed by atoms with Crippen molar-refractivity contribution in [2.24, 2.45) is 5.84 Å². The first-order valence-corrected chi connectivity index (χ1v) is 7.95. The van der Waals surface area contributed by atoms with Crippen LogP contribution in [0.4, 0.5) is 4.39 Å². The second-order valence-corrected chi connectivity index (χ2v) is 5.95. The Bertz CT molecular complexity index is 451. The number of nitrogens with two attached hydrogens (primary N) is 1. The molecule has 3 N–H and O–H groups in total. The first kappa shape index (κ1) is 18.4. The predicted octanol–water partition coefficient (Wildman–Crippen LogP) is 3.36. The minimum absolute atomic E-state index is 0.0123. The Morgan fingerprint density at radius 3 is 2.43 bits per heavy atom. The van der Waals surface area contributed by atoms with E-state index in [1.54, 1.807) is 6.07 Å². The van der Waals surface area contributed by atoms with Crippen LogP contribution in [0.5, 0.6) is 0 Å². The fraction of sp³-hybridized carbons (Fsp3) is 0.625. The number of likely N-dealkylation sites (N-methyl/N-ethyl adjacent to an activating group) is 1. The molecule has 120 valence electrons. The molecule has 0 saturated heterocycles. The number of nitrogens with one attached hydrogen (secondary N) is 1. The number of hydrogen-bond donors (Lipinski definition) is 2. The Morgan fingerprint density at radius 1 is 1.33 bits per heavy atom. The number of rotatable bonds is 8. The average molecular weight is 316 g/mol. The second kappa shape index (κ2) is 8.08. The summed E-state index contributed by atoms with van der Waals surface area (Å²) in [5, 5.41) is 0.578. The van der Waals surface area contributed by atoms with Gasteiger partial charge in [0.05, 0.1) is 0 Å². The number of benzene rings is 1. The van der Waals surface area contributed by atoms with Gasteiger partial charge in [0.25, 0.3) is 0 Å². The minimum Gasteiger partial charge on any atom is -0.297 e. The van der Waals surface area contributed by atoms with Crippen LogP contribution in [0.2, 0.25) is 5.02 Å². The topological polar surface area (TPSA) is 41.3 Å². The first-order chi connectivity index (χ1) is 9.92. The molecule has 0 fully saturated rings. The van der Waals surface area contributed by atoms with E-state index >= 15 is 0 Å². The molecule has 0 amide bonds. The molecule has 0 heterocycles. The van der Waals surface area contributed by atoms with Crippen LogP contribution in [0.3, 0.4) is 0 Å². The highest BCUT2D eigenvalue weighted by Gasteiger charge is 2.36. The van der Waals surface area contributed by atoms with E-state index < -0.39 is 0 Å². The maximum absolute atomic E-state index is 13.5. The van der Waals surface area contributed by atoms with Crippen LogP contribution in [0.15, 0.2) is 18.2 Å². The van der Waals surface area contributed by atoms with E-state index in [2.05, 4.69) is 38.0 Å². The Balaban J connectivity index is 3.07. The standard InChI is InChI=1S/C16H27ClFN3/c1-5-16(4,21(6-2)7-3)15(20-19)11-12-10-13(18)8-9-14(12)17/h8-10,15,20H,5-7,11,19H2,1-4H3. The van der Waals surface area contributed by atoms with Crippen LogP contribution >= 0.6 is 11.6 Å². The third-order valence-electron chi connectivity index (χ3n) is 4.59. The summed E-state index contributed by atoms with van der Waals surface area (Å²) in [7, 11) is 0. The van der Waals surface area contributed by atoms with Crippen molar-refractivity contribution in [1.82, 2.24) is 10.3 Å². The van der Waals surface area contributed by atoms with Gasteiger partial charge < -0.3 is 0 Å². The molecule has 0 radical (unpaired) electrons. The molecule has 0 aliphatic carbocycles. The van der Waals surface area contributed by atoms with E-state index in [1.165, 1.54) is 12.1 Å². The van der Waals surface area contributed by atoms with Crippen molar-refractivity contribution in [2.75, 3.05) is 13.1 Å². The fourth-order valence-electron chi connectivity index (χ4n) is 3.01. The second-order valence-electron chi connectivity index (χ2n) is 5.54. The van der Waals surface area contributed by atoms with E-state index in [-0.39, 0.29) is 17.4 Å². The lowest BCUT2D eigenvalue weighted by Gasteiger charge is -2.45. The number of halogens is 2. The molecule has 0 aliphatic heterocycles. The summed E-state index contributed by atoms with van der Waals surface area (Å²) < 4.78 is 13.5. The van der Waals surface area contributed by atoms with Gasteiger partial charge in [-0.05, 0) is 56.6 Å². The van der Waals surface area contributed by atoms with Crippen LogP contribution in [0.25, 0.3) is 0 Å². The predicted molar refractivity (Wildman–Crippen MR) is 87.8 cm³/mol. The van der Waals surface area contributed by atoms with E-state index in [4.69, 9.17) is 17.4 Å². The lowest BCUT2D eigenvalue weighted by atomic mass is 9.83. The van der Waals surface area contributed by atoms with Crippen molar-refractivity contribution in [3.8, 4) is 0 Å². The van der Waals surface area contributed by atoms with Crippen molar-refractivity contribution in [2.45, 2.75) is 52.1 Å². The third-order valence-corrected chi connectivity index (χ3v) is 4.95. The molecule has 1 rings (SSSR count). The fourth-order valence-corrected chi connectivity index (χ4v) is 3.21. The van der Waals surface area contributed by atoms with Gasteiger partial charge in [-0.3, -0.25) is 16.2 Å². The SMILES string of the molecule is CCN(CC)C(C)(CC)C(Cc1cc(F)ccc1Cl)NN. The van der Waals surface area contributed by atoms with Crippen LogP contribution < -0.4 is 11.3 Å². The van der Waals surface area contributed by atoms with Crippen LogP contribution in [0, 0.1) is 5.82 Å². The molecule has 0 bridgehead atoms. The van der Waals surface area contributed by atoms with Gasteiger partial charge in [-0.25, -0.2) is 4.39 Å². The molecule has 2 atom stereocenters. The summed E-state index contributed by atoms with van der Waals surface area (Å²) in [4.78, 5) is 2.38. The zero-order valence-corrected chi connectivity index (χ0v) is 14.2. The summed E-state index contributed by atoms with van der Waals surface area (Å²) in [6.07, 6.45) is 1.53. The van der Waals surface area contributed by atoms with Crippen molar-refractivity contribution >= 4 is 11.6 Å². The van der Waals surface area contributed by atoms with Gasteiger partial charge in [-0.15, -0.1) is 0 Å². The molecule has 0 aromatic heterocycles. The van der Waals surface area contributed by atoms with Gasteiger partial charge in [-0.2, -0.15) is 0 Å². The van der Waals surface area contributed by atoms with Crippen molar-refractivity contribution in [1.29, 1.82) is 0 Å². The summed E-state index contributed by atoms with van der Waals surface area (Å²) in [5.41, 5.74) is 3.58. The quantitative estimate of drug-likeness (QED) is 0.571. The van der Waals surface area contributed by atoms with E-state index in [0.717, 1.165) is 25.1 Å². The molecule has 21 heavy (non-hydrogen) atoms. The zero-order chi connectivity index (χ0) is 16.0. The van der Waals surface area contributed by atoms with E-state index in [9.17, 15) is 4.39 Å². The molecule has 0 spiro atoms. The molecular formula is C16H27ClFN3. The zero-order valence-electron chi connectivity index (χ0n) is 13.4. The highest BCUT2D eigenvalue weighted by Crippen LogP contribution is 2.28. The smallest absolute Gasteiger partial charge is 0.123 e. The normalized spacial score (nSPS) is 16.0. The minimum atomic E-state index is -0.272. The van der Waals surface area contributed by atoms with Gasteiger partial charge in [0.2, 0.25) is 0 Å². The summed E-state index contributed by atoms with van der Waals surface area (Å²) in [6, 6.07) is 4.45. The van der Waals surface area contributed by atoms with Crippen molar-refractivity contribution in [3.05, 3.63) is 34.6 Å². The summed E-state index contributed by atoms with van der Waals surface area (Å²) >= 11 is 6.19. The molecule has 0 aliphatic rings. The molecule has 5 heteroatoms. The van der Waals surface area contributed by atoms with Crippen LogP contribution in [-0.4, -0.2) is 29.6 Å². The van der Waals surface area contributed by atoms with Gasteiger partial charge in [0, 0.05) is 16.6 Å². The molecule has 2 unspecified atom stereocenters. The maximum Gasteiger partial charge on any atom is 0.123 e. The highest BCUT2D eigenvalue weighted by atomic mass is 35.5. The van der Waals surface area contributed by atoms with Crippen LogP contribution in [0.1, 0.15) is 39.7 Å². The largest absolute Gasteiger partial charge is 0.297 e. The van der Waals surface area contributed by atoms with Gasteiger partial charge >= 0.3 is 0 Å². The van der Waals surface area contributed by atoms with Gasteiger partial charge in [-0.1, -0.05) is 32.4 Å². The van der Waals surface area contributed by atoms with Crippen molar-refractivity contribution < 1.29 is 4.39 Å². The van der Waals surface area contributed by atoms with E-state index in [0.29, 0.717) is 11.4 Å². The molecule has 0 saturated carbocycles. The number of hydrogen-bond acceptors (Lipinski definition) is 3. The number of hydrazine groups is 1. The third kappa shape index (κ3) is 4.16. The summed E-state index contributed by atoms with van der Waals surface area (Å²) in [6.45, 7) is 10.5. The first-order valence-electron chi connectivity index (χ1n) is 7.57. The lowest BCUT2D eigenvalue weighted by molar-refractivity contribution is 0.0701. The molecule has 1 aromatic carbocycles. The van der Waals surface area contributed by atoms with Crippen molar-refractivity contribution in [3.63, 3.8) is 0 Å². The lowest BCUT2D eigenvalue weighted by Crippen LogP contribution is -2.61. The molecule has 3 nitrogen and oxygen atoms in total. The number of nitrogens with zero attached hydrogens (tertiary/aromatic N) is 1. The Hall–Kier alpha value is -0.680. The Morgan fingerprint density at radius 2 is 1.95 bits per heavy atom. The molecular weight excluding hydrogens is 289 g/mol. The van der Waals surface area contributed by atoms with Crippen LogP contribution in [-0.2, 0) is 6.42 Å². The summed E-state index contributed by atoms with van der Waals surface area (Å²) in [5.74, 6) is 5.53. The average Bonchev–Trinajstić information content (AvgIpc) is 2.48. The maximum atomic E-state index is 13.5. The monoisotopic (exact) mass is 315 g/mol. The van der Waals surface area contributed by atoms with E-state index in [1.807, 2.05) is 0 Å². The molecule has 1 aromatic rings. The highest BCUT2D eigenvalue weighted by molar-refractivity contribution is 6.31.